The number of hydrogen-bond donors (Lipinski definition) is 3. The fourth-order valence-corrected chi connectivity index (χ4v) is 6.44. The van der Waals surface area contributed by atoms with Crippen LogP contribution in [0.5, 0.6) is 0 Å². The Morgan fingerprint density at radius 3 is 2.55 bits per heavy atom. The van der Waals surface area contributed by atoms with E-state index in [0.29, 0.717) is 11.9 Å². The molecule has 1 amide bonds. The molecule has 0 spiro atoms. The van der Waals surface area contributed by atoms with Gasteiger partial charge in [-0.25, -0.2) is 0 Å². The number of pyridine rings is 1. The molecule has 2 aromatic rings. The smallest absolute Gasteiger partial charge is 0.225 e. The number of piperidine rings is 2. The van der Waals surface area contributed by atoms with Crippen molar-refractivity contribution < 1.29 is 4.79 Å². The van der Waals surface area contributed by atoms with Crippen LogP contribution in [0.15, 0.2) is 71.5 Å². The number of carbonyl (C=O) groups is 1. The molecule has 0 radical (unpaired) electrons. The maximum Gasteiger partial charge on any atom is 0.225 e. The van der Waals surface area contributed by atoms with Crippen molar-refractivity contribution in [2.45, 2.75) is 42.8 Å². The van der Waals surface area contributed by atoms with Gasteiger partial charge in [-0.05, 0) is 99.4 Å². The van der Waals surface area contributed by atoms with Crippen LogP contribution in [0.3, 0.4) is 0 Å². The summed E-state index contributed by atoms with van der Waals surface area (Å²) in [4.78, 5) is 26.3. The van der Waals surface area contributed by atoms with Gasteiger partial charge in [-0.1, -0.05) is 6.07 Å². The molecule has 5 rings (SSSR count). The molecule has 1 aromatic carbocycles. The minimum atomic E-state index is 0.00135. The Bertz CT molecular complexity index is 1150. The van der Waals surface area contributed by atoms with Crippen LogP contribution < -0.4 is 21.7 Å². The second-order valence-electron chi connectivity index (χ2n) is 10.3. The molecule has 1 unspecified atom stereocenters. The first-order chi connectivity index (χ1) is 18.6. The van der Waals surface area contributed by atoms with E-state index >= 15 is 0 Å². The Kier molecular flexibility index (Phi) is 8.44. The molecule has 202 valence electrons. The summed E-state index contributed by atoms with van der Waals surface area (Å²) in [6.07, 6.45) is 12.6. The monoisotopic (exact) mass is 533 g/mol. The summed E-state index contributed by atoms with van der Waals surface area (Å²) in [5.41, 5.74) is 15.7. The van der Waals surface area contributed by atoms with Crippen molar-refractivity contribution in [3.05, 3.63) is 72.3 Å². The van der Waals surface area contributed by atoms with E-state index in [2.05, 4.69) is 55.5 Å². The lowest BCUT2D eigenvalue weighted by Crippen LogP contribution is -2.50. The predicted molar refractivity (Wildman–Crippen MR) is 156 cm³/mol. The molecule has 0 bridgehead atoms. The van der Waals surface area contributed by atoms with Crippen LogP contribution >= 0.6 is 11.8 Å². The number of hydrogen-bond acceptors (Lipinski definition) is 8. The number of likely N-dealkylation sites (tertiary alicyclic amines) is 2. The minimum absolute atomic E-state index is 0.00135. The first-order valence-electron chi connectivity index (χ1n) is 13.5. The van der Waals surface area contributed by atoms with Crippen LogP contribution in [-0.2, 0) is 4.79 Å². The molecule has 38 heavy (non-hydrogen) atoms. The van der Waals surface area contributed by atoms with Crippen LogP contribution in [0.2, 0.25) is 0 Å². The van der Waals surface area contributed by atoms with Gasteiger partial charge in [-0.3, -0.25) is 14.7 Å². The van der Waals surface area contributed by atoms with E-state index in [1.165, 1.54) is 16.8 Å². The first-order valence-corrected chi connectivity index (χ1v) is 14.8. The molecule has 1 atom stereocenters. The molecule has 1 aromatic heterocycles. The van der Waals surface area contributed by atoms with Crippen molar-refractivity contribution in [3.63, 3.8) is 0 Å². The Labute approximate surface area is 230 Å². The van der Waals surface area contributed by atoms with Crippen LogP contribution in [0, 0.1) is 5.92 Å². The predicted octanol–water partition coefficient (Wildman–Crippen LogP) is 3.75. The zero-order valence-electron chi connectivity index (χ0n) is 22.1. The first kappa shape index (κ1) is 26.4. The SMILES string of the molecule is CSc1ccc2c(c1)NC(c1ccccn1)N2C1CCN(C(=O)C2CCN(CC(/C=C\N)=C/N)CC2)CC1. The molecule has 5 N–H and O–H groups in total. The van der Waals surface area contributed by atoms with Gasteiger partial charge in [0.15, 0.2) is 0 Å². The third-order valence-electron chi connectivity index (χ3n) is 8.06. The summed E-state index contributed by atoms with van der Waals surface area (Å²) in [5, 5.41) is 3.73. The number of rotatable bonds is 7. The molecule has 0 aliphatic carbocycles. The summed E-state index contributed by atoms with van der Waals surface area (Å²) in [6, 6.07) is 13.1. The molecule has 0 saturated carbocycles. The fourth-order valence-electron chi connectivity index (χ4n) is 6.00. The number of aromatic nitrogens is 1. The fraction of sp³-hybridized carbons (Fsp3) is 0.448. The second kappa shape index (κ2) is 12.1. The molecule has 2 saturated heterocycles. The van der Waals surface area contributed by atoms with Crippen molar-refractivity contribution in [2.75, 3.05) is 49.2 Å². The number of nitrogens with two attached hydrogens (primary N) is 2. The van der Waals surface area contributed by atoms with Gasteiger partial charge < -0.3 is 26.6 Å². The van der Waals surface area contributed by atoms with E-state index in [9.17, 15) is 4.79 Å². The summed E-state index contributed by atoms with van der Waals surface area (Å²) < 4.78 is 0. The zero-order chi connectivity index (χ0) is 26.5. The number of nitrogens with one attached hydrogen (secondary N) is 1. The zero-order valence-corrected chi connectivity index (χ0v) is 22.9. The number of anilines is 2. The van der Waals surface area contributed by atoms with Crippen LogP contribution in [0.25, 0.3) is 0 Å². The van der Waals surface area contributed by atoms with Crippen LogP contribution in [-0.4, -0.2) is 65.7 Å². The highest BCUT2D eigenvalue weighted by Gasteiger charge is 2.39. The van der Waals surface area contributed by atoms with Crippen LogP contribution in [0.1, 0.15) is 37.5 Å². The average Bonchev–Trinajstić information content (AvgIpc) is 3.36. The maximum absolute atomic E-state index is 13.4. The van der Waals surface area contributed by atoms with E-state index in [0.717, 1.165) is 75.4 Å². The molecular weight excluding hydrogens is 494 g/mol. The highest BCUT2D eigenvalue weighted by Crippen LogP contribution is 2.45. The van der Waals surface area contributed by atoms with Gasteiger partial charge in [-0.2, -0.15) is 0 Å². The highest BCUT2D eigenvalue weighted by atomic mass is 32.2. The molecule has 8 nitrogen and oxygen atoms in total. The van der Waals surface area contributed by atoms with E-state index in [4.69, 9.17) is 11.5 Å². The normalized spacial score (nSPS) is 21.6. The van der Waals surface area contributed by atoms with Gasteiger partial charge >= 0.3 is 0 Å². The van der Waals surface area contributed by atoms with Gasteiger partial charge in [-0.15, -0.1) is 11.8 Å². The van der Waals surface area contributed by atoms with Gasteiger partial charge in [0, 0.05) is 42.7 Å². The summed E-state index contributed by atoms with van der Waals surface area (Å²) in [7, 11) is 0. The quantitative estimate of drug-likeness (QED) is 0.365. The lowest BCUT2D eigenvalue weighted by atomic mass is 9.93. The Morgan fingerprint density at radius 1 is 1.11 bits per heavy atom. The molecule has 3 aliphatic rings. The largest absolute Gasteiger partial charge is 0.405 e. The minimum Gasteiger partial charge on any atom is -0.405 e. The van der Waals surface area contributed by atoms with Crippen molar-refractivity contribution in [1.29, 1.82) is 0 Å². The number of fused-ring (bicyclic) bond motifs is 1. The standard InChI is InChI=1S/C29H39N7OS/c1-38-24-5-6-27-26(18-24)33-28(25-4-2-3-13-32-25)36(27)23-10-16-35(17-11-23)29(37)22-8-14-34(15-9-22)20-21(19-31)7-12-30/h2-7,12-13,18-19,22-23,28,33H,8-11,14-17,20,30-31H2,1H3/b12-7-,21-19+. The van der Waals surface area contributed by atoms with Crippen LogP contribution in [0.4, 0.5) is 11.4 Å². The van der Waals surface area contributed by atoms with Gasteiger partial charge in [0.2, 0.25) is 5.91 Å². The van der Waals surface area contributed by atoms with Crippen molar-refractivity contribution >= 4 is 29.0 Å². The second-order valence-corrected chi connectivity index (χ2v) is 11.2. The topological polar surface area (TPSA) is 104 Å². The van der Waals surface area contributed by atoms with E-state index in [1.54, 1.807) is 18.0 Å². The third-order valence-corrected chi connectivity index (χ3v) is 8.78. The number of nitrogens with zero attached hydrogens (tertiary/aromatic N) is 4. The molecule has 2 fully saturated rings. The Morgan fingerprint density at radius 2 is 1.89 bits per heavy atom. The summed E-state index contributed by atoms with van der Waals surface area (Å²) in [6.45, 7) is 4.19. The summed E-state index contributed by atoms with van der Waals surface area (Å²) in [5.74, 6) is 0.434. The third kappa shape index (κ3) is 5.63. The summed E-state index contributed by atoms with van der Waals surface area (Å²) >= 11 is 1.75. The Balaban J connectivity index is 1.21. The lowest BCUT2D eigenvalue weighted by Gasteiger charge is -2.42. The molecular formula is C29H39N7OS. The maximum atomic E-state index is 13.4. The van der Waals surface area contributed by atoms with E-state index in [-0.39, 0.29) is 12.1 Å². The van der Waals surface area contributed by atoms with Crippen molar-refractivity contribution in [3.8, 4) is 0 Å². The van der Waals surface area contributed by atoms with Crippen molar-refractivity contribution in [1.82, 2.24) is 14.8 Å². The molecule has 9 heteroatoms. The van der Waals surface area contributed by atoms with E-state index in [1.807, 2.05) is 24.4 Å². The van der Waals surface area contributed by atoms with Gasteiger partial charge in [0.1, 0.15) is 6.17 Å². The average molecular weight is 534 g/mol. The number of benzene rings is 1. The molecule has 4 heterocycles. The van der Waals surface area contributed by atoms with Gasteiger partial charge in [0.25, 0.3) is 0 Å². The van der Waals surface area contributed by atoms with Crippen molar-refractivity contribution in [2.24, 2.45) is 17.4 Å². The number of amides is 1. The van der Waals surface area contributed by atoms with E-state index < -0.39 is 0 Å². The molecule has 3 aliphatic heterocycles. The highest BCUT2D eigenvalue weighted by molar-refractivity contribution is 7.98. The number of carbonyl (C=O) groups excluding carboxylic acids is 1. The lowest BCUT2D eigenvalue weighted by molar-refractivity contribution is -0.138. The van der Waals surface area contributed by atoms with Gasteiger partial charge in [0.05, 0.1) is 17.1 Å². The Hall–Kier alpha value is -3.17. The number of thioether (sulfide) groups is 1.